The second-order valence-corrected chi connectivity index (χ2v) is 5.99. The van der Waals surface area contributed by atoms with E-state index in [2.05, 4.69) is 9.98 Å². The molecule has 3 aromatic rings. The molecule has 4 nitrogen and oxygen atoms in total. The highest BCUT2D eigenvalue weighted by Crippen LogP contribution is 2.18. The first-order valence-corrected chi connectivity index (χ1v) is 8.13. The molecule has 0 saturated heterocycles. The largest absolute Gasteiger partial charge is 0.355 e. The Morgan fingerprint density at radius 3 is 2.08 bits per heavy atom. The van der Waals surface area contributed by atoms with Crippen molar-refractivity contribution in [2.75, 3.05) is 0 Å². The van der Waals surface area contributed by atoms with Crippen molar-refractivity contribution in [2.45, 2.75) is 0 Å². The third-order valence-electron chi connectivity index (χ3n) is 4.12. The summed E-state index contributed by atoms with van der Waals surface area (Å²) in [7, 11) is 0. The fourth-order valence-corrected chi connectivity index (χ4v) is 2.97. The van der Waals surface area contributed by atoms with E-state index in [1.165, 1.54) is 0 Å². The highest BCUT2D eigenvalue weighted by molar-refractivity contribution is 6.19. The van der Waals surface area contributed by atoms with Crippen LogP contribution in [0.4, 0.5) is 0 Å². The monoisotopic (exact) mass is 322 g/mol. The van der Waals surface area contributed by atoms with Crippen LogP contribution in [0, 0.1) is 0 Å². The average molecular weight is 322 g/mol. The summed E-state index contributed by atoms with van der Waals surface area (Å²) in [5.74, 6) is 0. The molecule has 25 heavy (non-hydrogen) atoms. The van der Waals surface area contributed by atoms with Crippen LogP contribution in [0.1, 0.15) is 11.4 Å². The van der Waals surface area contributed by atoms with E-state index >= 15 is 0 Å². The third-order valence-corrected chi connectivity index (χ3v) is 4.12. The molecular weight excluding hydrogens is 308 g/mol. The SMILES string of the molecule is C1=C/C2=C/c3cccc(n3)-c3cccc(n3)/C=c3/cc/c([nH]3)=C/C1=N2. The van der Waals surface area contributed by atoms with Crippen molar-refractivity contribution in [2.24, 2.45) is 4.99 Å². The third kappa shape index (κ3) is 2.74. The van der Waals surface area contributed by atoms with Gasteiger partial charge >= 0.3 is 0 Å². The van der Waals surface area contributed by atoms with E-state index in [1.807, 2.05) is 78.9 Å². The molecule has 5 heterocycles. The number of hydrogen-bond acceptors (Lipinski definition) is 3. The zero-order chi connectivity index (χ0) is 16.6. The maximum absolute atomic E-state index is 4.73. The minimum Gasteiger partial charge on any atom is -0.355 e. The predicted octanol–water partition coefficient (Wildman–Crippen LogP) is 2.45. The highest BCUT2D eigenvalue weighted by Gasteiger charge is 2.06. The van der Waals surface area contributed by atoms with E-state index in [9.17, 15) is 0 Å². The Morgan fingerprint density at radius 2 is 1.32 bits per heavy atom. The standard InChI is InChI=1S/C21H14N4/c1-3-14-11-16-7-9-18(22-16)13-19-10-8-17(23-19)12-15-4-2-6-21(25-15)20(5-1)24-14/h1-13,22H/b16-11-,17-12-,18-13-. The molecular formula is C21H14N4. The maximum atomic E-state index is 4.73. The first-order chi connectivity index (χ1) is 12.3. The van der Waals surface area contributed by atoms with Gasteiger partial charge in [0, 0.05) is 10.7 Å². The molecule has 0 saturated carbocycles. The summed E-state index contributed by atoms with van der Waals surface area (Å²) in [4.78, 5) is 17.5. The molecule has 2 aliphatic rings. The van der Waals surface area contributed by atoms with Crippen LogP contribution in [0.15, 0.2) is 71.4 Å². The zero-order valence-electron chi connectivity index (χ0n) is 13.3. The molecule has 0 amide bonds. The number of aromatic nitrogens is 3. The molecule has 0 aromatic carbocycles. The second kappa shape index (κ2) is 5.53. The van der Waals surface area contributed by atoms with Gasteiger partial charge in [0.1, 0.15) is 0 Å². The number of rotatable bonds is 0. The number of hydrogen-bond donors (Lipinski definition) is 1. The molecule has 2 aliphatic heterocycles. The zero-order valence-corrected chi connectivity index (χ0v) is 13.3. The number of pyridine rings is 2. The van der Waals surface area contributed by atoms with Crippen LogP contribution in [-0.2, 0) is 0 Å². The molecule has 5 rings (SSSR count). The topological polar surface area (TPSA) is 53.9 Å². The number of H-pyrrole nitrogens is 1. The van der Waals surface area contributed by atoms with E-state index in [0.717, 1.165) is 44.9 Å². The van der Waals surface area contributed by atoms with Gasteiger partial charge in [0.05, 0.1) is 34.2 Å². The van der Waals surface area contributed by atoms with E-state index in [4.69, 9.17) is 9.97 Å². The van der Waals surface area contributed by atoms with E-state index < -0.39 is 0 Å². The Morgan fingerprint density at radius 1 is 0.640 bits per heavy atom. The molecule has 4 heteroatoms. The Labute approximate surface area is 144 Å². The first-order valence-electron chi connectivity index (χ1n) is 8.13. The van der Waals surface area contributed by atoms with Gasteiger partial charge in [0.2, 0.25) is 0 Å². The van der Waals surface area contributed by atoms with Gasteiger partial charge in [0.25, 0.3) is 0 Å². The van der Waals surface area contributed by atoms with Crippen LogP contribution in [0.5, 0.6) is 0 Å². The Kier molecular flexibility index (Phi) is 3.07. The minimum atomic E-state index is 0.851. The molecule has 0 radical (unpaired) electrons. The van der Waals surface area contributed by atoms with Gasteiger partial charge in [-0.25, -0.2) is 15.0 Å². The quantitative estimate of drug-likeness (QED) is 0.691. The van der Waals surface area contributed by atoms with Gasteiger partial charge < -0.3 is 4.98 Å². The Hall–Kier alpha value is -3.53. The Balaban J connectivity index is 1.80. The van der Waals surface area contributed by atoms with Gasteiger partial charge in [-0.1, -0.05) is 12.1 Å². The normalized spacial score (nSPS) is 19.4. The number of nitrogens with zero attached hydrogens (tertiary/aromatic N) is 3. The molecule has 8 bridgehead atoms. The molecule has 0 aliphatic carbocycles. The van der Waals surface area contributed by atoms with Gasteiger partial charge in [-0.2, -0.15) is 0 Å². The van der Waals surface area contributed by atoms with Gasteiger partial charge in [-0.05, 0) is 66.8 Å². The summed E-state index contributed by atoms with van der Waals surface area (Å²) in [6.45, 7) is 0. The molecule has 1 N–H and O–H groups in total. The average Bonchev–Trinajstić information content (AvgIpc) is 3.25. The Bertz CT molecular complexity index is 1190. The minimum absolute atomic E-state index is 0.851. The summed E-state index contributed by atoms with van der Waals surface area (Å²) in [5.41, 5.74) is 5.29. The van der Waals surface area contributed by atoms with Crippen LogP contribution in [-0.4, -0.2) is 20.7 Å². The van der Waals surface area contributed by atoms with Crippen molar-refractivity contribution in [3.05, 3.63) is 88.5 Å². The summed E-state index contributed by atoms with van der Waals surface area (Å²) >= 11 is 0. The summed E-state index contributed by atoms with van der Waals surface area (Å²) in [6.07, 6.45) is 10.1. The summed E-state index contributed by atoms with van der Waals surface area (Å²) < 4.78 is 0. The lowest BCUT2D eigenvalue weighted by molar-refractivity contribution is 1.21. The second-order valence-electron chi connectivity index (χ2n) is 5.99. The lowest BCUT2D eigenvalue weighted by Crippen LogP contribution is -2.11. The van der Waals surface area contributed by atoms with Gasteiger partial charge in [0.15, 0.2) is 0 Å². The number of nitrogens with one attached hydrogen (secondary N) is 1. The molecule has 118 valence electrons. The molecule has 0 fully saturated rings. The molecule has 0 atom stereocenters. The summed E-state index contributed by atoms with van der Waals surface area (Å²) in [5, 5.41) is 2.02. The van der Waals surface area contributed by atoms with Crippen molar-refractivity contribution >= 4 is 23.9 Å². The molecule has 0 unspecified atom stereocenters. The highest BCUT2D eigenvalue weighted by atomic mass is 14.8. The van der Waals surface area contributed by atoms with Crippen molar-refractivity contribution in [1.82, 2.24) is 15.0 Å². The fourth-order valence-electron chi connectivity index (χ4n) is 2.97. The lowest BCUT2D eigenvalue weighted by atomic mass is 10.2. The molecule has 0 spiro atoms. The number of aromatic amines is 1. The van der Waals surface area contributed by atoms with Crippen LogP contribution in [0.25, 0.3) is 29.6 Å². The number of fused-ring (bicyclic) bond motifs is 8. The van der Waals surface area contributed by atoms with Crippen LogP contribution in [0.3, 0.4) is 0 Å². The molecule has 3 aromatic heterocycles. The van der Waals surface area contributed by atoms with Crippen molar-refractivity contribution in [3.63, 3.8) is 0 Å². The smallest absolute Gasteiger partial charge is 0.0893 e. The van der Waals surface area contributed by atoms with Gasteiger partial charge in [-0.3, -0.25) is 0 Å². The van der Waals surface area contributed by atoms with Crippen molar-refractivity contribution < 1.29 is 0 Å². The fraction of sp³-hybridized carbons (Fsp3) is 0. The van der Waals surface area contributed by atoms with Gasteiger partial charge in [-0.15, -0.1) is 0 Å². The van der Waals surface area contributed by atoms with E-state index in [0.29, 0.717) is 0 Å². The van der Waals surface area contributed by atoms with E-state index in [-0.39, 0.29) is 0 Å². The predicted molar refractivity (Wildman–Crippen MR) is 100 cm³/mol. The lowest BCUT2D eigenvalue weighted by Gasteiger charge is -2.03. The van der Waals surface area contributed by atoms with Crippen molar-refractivity contribution in [3.8, 4) is 11.4 Å². The maximum Gasteiger partial charge on any atom is 0.0893 e. The number of aliphatic imine (C=N–C) groups is 1. The summed E-state index contributed by atoms with van der Waals surface area (Å²) in [6, 6.07) is 16.0. The van der Waals surface area contributed by atoms with E-state index in [1.54, 1.807) is 0 Å². The van der Waals surface area contributed by atoms with Crippen LogP contribution in [0.2, 0.25) is 0 Å². The van der Waals surface area contributed by atoms with Crippen LogP contribution >= 0.6 is 0 Å². The first kappa shape index (κ1) is 13.9. The van der Waals surface area contributed by atoms with Crippen LogP contribution < -0.4 is 10.7 Å². The number of allylic oxidation sites excluding steroid dienone is 2. The van der Waals surface area contributed by atoms with Crippen molar-refractivity contribution in [1.29, 1.82) is 0 Å².